The Kier molecular flexibility index (Phi) is 44.9. The fourth-order valence-electron chi connectivity index (χ4n) is 6.84. The minimum atomic E-state index is -4.43. The number of amides is 1. The molecule has 0 aromatic rings. The van der Waals surface area contributed by atoms with E-state index in [9.17, 15) is 24.2 Å². The molecular weight excluding hydrogens is 774 g/mol. The smallest absolute Gasteiger partial charge is 0.463 e. The summed E-state index contributed by atoms with van der Waals surface area (Å²) in [4.78, 5) is 34.0. The van der Waals surface area contributed by atoms with Crippen LogP contribution in [-0.4, -0.2) is 54.3 Å². The highest BCUT2D eigenvalue weighted by Gasteiger charge is 2.23. The molecule has 0 heterocycles. The average molecular weight is 866 g/mol. The van der Waals surface area contributed by atoms with Gasteiger partial charge in [-0.05, 0) is 51.4 Å². The number of nitrogens with one attached hydrogen (secondary N) is 1. The molecule has 9 nitrogen and oxygen atoms in total. The van der Waals surface area contributed by atoms with Gasteiger partial charge in [-0.2, -0.15) is 0 Å². The molecule has 0 aromatic heterocycles. The van der Waals surface area contributed by atoms with E-state index in [4.69, 9.17) is 13.8 Å². The normalized spacial score (nSPS) is 13.6. The predicted molar refractivity (Wildman–Crippen MR) is 252 cm³/mol. The second-order valence-corrected chi connectivity index (χ2v) is 17.9. The van der Waals surface area contributed by atoms with Gasteiger partial charge in [-0.1, -0.05) is 210 Å². The van der Waals surface area contributed by atoms with Crippen LogP contribution in [0.2, 0.25) is 0 Å². The van der Waals surface area contributed by atoms with E-state index >= 15 is 0 Å². The maximum Gasteiger partial charge on any atom is 0.472 e. The van der Waals surface area contributed by atoms with Crippen molar-refractivity contribution in [1.29, 1.82) is 0 Å². The first-order valence-corrected chi connectivity index (χ1v) is 26.1. The first-order valence-electron chi connectivity index (χ1n) is 24.6. The summed E-state index contributed by atoms with van der Waals surface area (Å²) in [5.74, 6) is -0.553. The Morgan fingerprint density at radius 2 is 0.950 bits per heavy atom. The molecule has 0 radical (unpaired) electrons. The number of carbonyl (C=O) groups excluding carboxylic acids is 2. The fraction of sp³-hybridized carbons (Fsp3) is 0.800. The lowest BCUT2D eigenvalue weighted by molar-refractivity contribution is -0.147. The molecule has 0 fully saturated rings. The highest BCUT2D eigenvalue weighted by atomic mass is 31.2. The summed E-state index contributed by atoms with van der Waals surface area (Å²) in [6.45, 7) is 3.41. The topological polar surface area (TPSA) is 131 Å². The van der Waals surface area contributed by atoms with Gasteiger partial charge >= 0.3 is 13.8 Å². The number of aliphatic hydroxyl groups excluding tert-OH is 1. The summed E-state index contributed by atoms with van der Waals surface area (Å²) in [6, 6.07) is 0. The number of aliphatic hydroxyl groups is 1. The summed E-state index contributed by atoms with van der Waals surface area (Å²) >= 11 is 0. The summed E-state index contributed by atoms with van der Waals surface area (Å²) < 4.78 is 26.9. The van der Waals surface area contributed by atoms with Crippen molar-refractivity contribution in [2.24, 2.45) is 0 Å². The van der Waals surface area contributed by atoms with Crippen molar-refractivity contribution in [2.75, 3.05) is 26.4 Å². The van der Waals surface area contributed by atoms with E-state index in [-0.39, 0.29) is 32.1 Å². The maximum absolute atomic E-state index is 12.1. The molecule has 2 unspecified atom stereocenters. The summed E-state index contributed by atoms with van der Waals surface area (Å²) in [6.07, 6.45) is 54.9. The zero-order chi connectivity index (χ0) is 43.9. The van der Waals surface area contributed by atoms with E-state index < -0.39 is 26.5 Å². The van der Waals surface area contributed by atoms with Crippen LogP contribution < -0.4 is 5.32 Å². The SMILES string of the molecule is CC/C=C\C/C=C\C/C=C\C/C=C\CCCCC(=O)NCCOP(=O)(O)OCC(O)COC(=O)CCCCCCCCCCCCCCCCCCCCCCCCCC. The van der Waals surface area contributed by atoms with Crippen molar-refractivity contribution in [3.63, 3.8) is 0 Å². The molecular formula is C50H92NO8P. The third kappa shape index (κ3) is 47.0. The lowest BCUT2D eigenvalue weighted by Gasteiger charge is -2.15. The van der Waals surface area contributed by atoms with Crippen LogP contribution in [0.3, 0.4) is 0 Å². The summed E-state index contributed by atoms with van der Waals surface area (Å²) in [7, 11) is -4.43. The van der Waals surface area contributed by atoms with Gasteiger partial charge in [0.25, 0.3) is 0 Å². The van der Waals surface area contributed by atoms with E-state index in [0.717, 1.165) is 64.2 Å². The van der Waals surface area contributed by atoms with Gasteiger partial charge in [0.15, 0.2) is 0 Å². The second kappa shape index (κ2) is 46.5. The highest BCUT2D eigenvalue weighted by molar-refractivity contribution is 7.47. The van der Waals surface area contributed by atoms with Gasteiger partial charge in [0, 0.05) is 19.4 Å². The molecule has 60 heavy (non-hydrogen) atoms. The predicted octanol–water partition coefficient (Wildman–Crippen LogP) is 14.3. The van der Waals surface area contributed by atoms with Crippen LogP contribution in [0.1, 0.15) is 226 Å². The third-order valence-electron chi connectivity index (χ3n) is 10.5. The van der Waals surface area contributed by atoms with Gasteiger partial charge in [0.1, 0.15) is 12.7 Å². The largest absolute Gasteiger partial charge is 0.472 e. The van der Waals surface area contributed by atoms with Crippen molar-refractivity contribution < 1.29 is 37.9 Å². The summed E-state index contributed by atoms with van der Waals surface area (Å²) in [5.41, 5.74) is 0. The molecule has 3 N–H and O–H groups in total. The number of unbranched alkanes of at least 4 members (excludes halogenated alkanes) is 25. The maximum atomic E-state index is 12.1. The Hall–Kier alpha value is -2.03. The van der Waals surface area contributed by atoms with Crippen molar-refractivity contribution in [3.8, 4) is 0 Å². The van der Waals surface area contributed by atoms with Gasteiger partial charge in [0.05, 0.1) is 13.2 Å². The Labute approximate surface area is 368 Å². The van der Waals surface area contributed by atoms with Crippen molar-refractivity contribution in [2.45, 2.75) is 232 Å². The van der Waals surface area contributed by atoms with Gasteiger partial charge in [0.2, 0.25) is 5.91 Å². The average Bonchev–Trinajstić information content (AvgIpc) is 3.23. The van der Waals surface area contributed by atoms with Crippen LogP contribution in [0, 0.1) is 0 Å². The number of ether oxygens (including phenoxy) is 1. The molecule has 1 amide bonds. The standard InChI is InChI=1S/C50H92NO8P/c1-3-5-7-9-11-13-15-17-19-20-21-22-23-24-25-26-27-29-31-33-35-37-39-41-43-50(54)57-46-48(52)47-59-60(55,56)58-45-44-51-49(53)42-40-38-36-34-32-30-28-18-16-14-12-10-8-6-4-2/h6,8,12,14,18,28,32,34,48,52H,3-5,7,9-11,13,15-17,19-27,29-31,33,35-47H2,1-2H3,(H,51,53)(H,55,56)/b8-6-,14-12-,28-18-,34-32-. The molecule has 0 aromatic carbocycles. The summed E-state index contributed by atoms with van der Waals surface area (Å²) in [5, 5.41) is 12.7. The number of esters is 1. The number of phosphoric acid groups is 1. The lowest BCUT2D eigenvalue weighted by Crippen LogP contribution is -2.27. The van der Waals surface area contributed by atoms with E-state index in [1.54, 1.807) is 0 Å². The van der Waals surface area contributed by atoms with Crippen LogP contribution in [0.4, 0.5) is 0 Å². The molecule has 0 bridgehead atoms. The van der Waals surface area contributed by atoms with Crippen LogP contribution in [0.25, 0.3) is 0 Å². The molecule has 0 saturated heterocycles. The first-order chi connectivity index (χ1) is 29.3. The first kappa shape index (κ1) is 58.0. The quantitative estimate of drug-likeness (QED) is 0.0239. The second-order valence-electron chi connectivity index (χ2n) is 16.4. The minimum absolute atomic E-state index is 0.0589. The van der Waals surface area contributed by atoms with Gasteiger partial charge in [-0.3, -0.25) is 18.6 Å². The Morgan fingerprint density at radius 1 is 0.533 bits per heavy atom. The molecule has 0 aliphatic heterocycles. The number of hydrogen-bond acceptors (Lipinski definition) is 7. The monoisotopic (exact) mass is 866 g/mol. The van der Waals surface area contributed by atoms with Gasteiger partial charge in [-0.25, -0.2) is 4.57 Å². The van der Waals surface area contributed by atoms with Crippen molar-refractivity contribution >= 4 is 19.7 Å². The van der Waals surface area contributed by atoms with Gasteiger partial charge in [-0.15, -0.1) is 0 Å². The Balaban J connectivity index is 3.56. The van der Waals surface area contributed by atoms with Crippen molar-refractivity contribution in [3.05, 3.63) is 48.6 Å². The minimum Gasteiger partial charge on any atom is -0.463 e. The number of allylic oxidation sites excluding steroid dienone is 8. The number of phosphoric ester groups is 1. The number of rotatable bonds is 46. The van der Waals surface area contributed by atoms with Crippen LogP contribution >= 0.6 is 7.82 Å². The molecule has 2 atom stereocenters. The van der Waals surface area contributed by atoms with Crippen LogP contribution in [0.5, 0.6) is 0 Å². The molecule has 0 spiro atoms. The van der Waals surface area contributed by atoms with E-state index in [1.165, 1.54) is 135 Å². The highest BCUT2D eigenvalue weighted by Crippen LogP contribution is 2.42. The zero-order valence-electron chi connectivity index (χ0n) is 38.7. The van der Waals surface area contributed by atoms with Crippen molar-refractivity contribution in [1.82, 2.24) is 5.32 Å². The molecule has 0 aliphatic rings. The Bertz CT molecular complexity index is 1120. The zero-order valence-corrected chi connectivity index (χ0v) is 39.5. The van der Waals surface area contributed by atoms with E-state index in [1.807, 2.05) is 0 Å². The molecule has 0 aliphatic carbocycles. The Morgan fingerprint density at radius 3 is 1.42 bits per heavy atom. The number of carbonyl (C=O) groups is 2. The molecule has 0 rings (SSSR count). The fourth-order valence-corrected chi connectivity index (χ4v) is 7.60. The molecule has 0 saturated carbocycles. The van der Waals surface area contributed by atoms with Crippen LogP contribution in [0.15, 0.2) is 48.6 Å². The number of hydrogen-bond donors (Lipinski definition) is 3. The van der Waals surface area contributed by atoms with Crippen LogP contribution in [-0.2, 0) is 27.9 Å². The van der Waals surface area contributed by atoms with E-state index in [2.05, 4.69) is 67.8 Å². The van der Waals surface area contributed by atoms with E-state index in [0.29, 0.717) is 6.42 Å². The molecule has 10 heteroatoms. The van der Waals surface area contributed by atoms with Gasteiger partial charge < -0.3 is 20.1 Å². The lowest BCUT2D eigenvalue weighted by atomic mass is 10.0. The third-order valence-corrected chi connectivity index (χ3v) is 11.5. The molecule has 350 valence electrons.